The Balaban J connectivity index is 4.27. The summed E-state index contributed by atoms with van der Waals surface area (Å²) in [6.45, 7) is 2.32. The molecule has 0 aromatic heterocycles. The molecular weight excluding hydrogens is 780 g/mol. The van der Waals surface area contributed by atoms with E-state index in [0.717, 1.165) is 44.9 Å². The molecule has 3 N–H and O–H groups in total. The number of phosphoric ester groups is 1. The molecule has 0 amide bonds. The fourth-order valence-corrected chi connectivity index (χ4v) is 7.31. The lowest BCUT2D eigenvalue weighted by molar-refractivity contribution is -0.161. The fraction of sp³-hybridized carbons (Fsp3) is 0.796. The van der Waals surface area contributed by atoms with E-state index in [-0.39, 0.29) is 19.4 Å². The van der Waals surface area contributed by atoms with Crippen LogP contribution in [0.2, 0.25) is 0 Å². The van der Waals surface area contributed by atoms with Gasteiger partial charge in [0.25, 0.3) is 0 Å². The maximum absolute atomic E-state index is 12.6. The van der Waals surface area contributed by atoms with Crippen LogP contribution >= 0.6 is 7.82 Å². The number of rotatable bonds is 45. The Morgan fingerprint density at radius 3 is 1.35 bits per heavy atom. The van der Waals surface area contributed by atoms with Crippen LogP contribution in [0.5, 0.6) is 0 Å². The Hall–Kier alpha value is -2.07. The van der Waals surface area contributed by atoms with Gasteiger partial charge in [0.05, 0.1) is 19.8 Å². The van der Waals surface area contributed by atoms with Crippen LogP contribution in [0, 0.1) is 0 Å². The van der Waals surface area contributed by atoms with Crippen molar-refractivity contribution in [3.63, 3.8) is 0 Å². The molecule has 0 saturated heterocycles. The van der Waals surface area contributed by atoms with Crippen LogP contribution in [0.1, 0.15) is 213 Å². The van der Waals surface area contributed by atoms with E-state index in [1.807, 2.05) is 6.08 Å². The second kappa shape index (κ2) is 45.0. The van der Waals surface area contributed by atoms with E-state index in [2.05, 4.69) is 56.4 Å². The van der Waals surface area contributed by atoms with Crippen molar-refractivity contribution in [3.8, 4) is 0 Å². The van der Waals surface area contributed by atoms with E-state index in [0.29, 0.717) is 19.3 Å². The Labute approximate surface area is 366 Å². The minimum atomic E-state index is -4.63. The van der Waals surface area contributed by atoms with Crippen LogP contribution in [0.15, 0.2) is 48.6 Å². The number of phosphoric acid groups is 1. The van der Waals surface area contributed by atoms with Gasteiger partial charge in [0.2, 0.25) is 0 Å². The van der Waals surface area contributed by atoms with Crippen LogP contribution in [0.3, 0.4) is 0 Å². The smallest absolute Gasteiger partial charge is 0.462 e. The molecule has 0 heterocycles. The van der Waals surface area contributed by atoms with Gasteiger partial charge >= 0.3 is 19.8 Å². The molecule has 3 atom stereocenters. The van der Waals surface area contributed by atoms with Crippen LogP contribution in [-0.2, 0) is 32.7 Å². The van der Waals surface area contributed by atoms with Crippen molar-refractivity contribution < 1.29 is 47.8 Å². The monoisotopic (exact) mass is 869 g/mol. The third-order valence-electron chi connectivity index (χ3n) is 10.2. The second-order valence-electron chi connectivity index (χ2n) is 16.1. The van der Waals surface area contributed by atoms with Crippen LogP contribution in [0.25, 0.3) is 0 Å². The highest BCUT2D eigenvalue weighted by molar-refractivity contribution is 7.47. The Bertz CT molecular complexity index is 1140. The zero-order valence-electron chi connectivity index (χ0n) is 38.2. The highest BCUT2D eigenvalue weighted by atomic mass is 31.2. The van der Waals surface area contributed by atoms with Gasteiger partial charge in [-0.15, -0.1) is 0 Å². The van der Waals surface area contributed by atoms with E-state index in [4.69, 9.17) is 23.6 Å². The molecule has 0 bridgehead atoms. The van der Waals surface area contributed by atoms with Crippen LogP contribution in [0.4, 0.5) is 0 Å². The van der Waals surface area contributed by atoms with E-state index in [9.17, 15) is 24.2 Å². The summed E-state index contributed by atoms with van der Waals surface area (Å²) in [7, 11) is -4.63. The summed E-state index contributed by atoms with van der Waals surface area (Å²) in [6, 6.07) is 0. The largest absolute Gasteiger partial charge is 0.472 e. The predicted octanol–water partition coefficient (Wildman–Crippen LogP) is 13.3. The minimum Gasteiger partial charge on any atom is -0.462 e. The molecule has 350 valence electrons. The molecule has 0 aromatic rings. The summed E-state index contributed by atoms with van der Waals surface area (Å²) in [4.78, 5) is 35.1. The average Bonchev–Trinajstić information content (AvgIpc) is 3.24. The Morgan fingerprint density at radius 1 is 0.500 bits per heavy atom. The van der Waals surface area contributed by atoms with Crippen LogP contribution in [-0.4, -0.2) is 65.7 Å². The summed E-state index contributed by atoms with van der Waals surface area (Å²) in [6.07, 6.45) is 49.4. The lowest BCUT2D eigenvalue weighted by Gasteiger charge is -2.20. The maximum Gasteiger partial charge on any atom is 0.472 e. The van der Waals surface area contributed by atoms with Gasteiger partial charge in [-0.2, -0.15) is 0 Å². The highest BCUT2D eigenvalue weighted by Crippen LogP contribution is 2.43. The number of aliphatic hydroxyl groups excluding tert-OH is 2. The van der Waals surface area contributed by atoms with Crippen molar-refractivity contribution in [3.05, 3.63) is 48.6 Å². The molecule has 0 saturated carbocycles. The van der Waals surface area contributed by atoms with Gasteiger partial charge in [0, 0.05) is 12.8 Å². The van der Waals surface area contributed by atoms with E-state index >= 15 is 0 Å². The number of ether oxygens (including phenoxy) is 2. The lowest BCUT2D eigenvalue weighted by Crippen LogP contribution is -2.29. The number of hydrogen-bond acceptors (Lipinski definition) is 9. The first-order valence-electron chi connectivity index (χ1n) is 24.1. The first kappa shape index (κ1) is 57.9. The van der Waals surface area contributed by atoms with Gasteiger partial charge in [0.1, 0.15) is 12.7 Å². The molecule has 11 heteroatoms. The van der Waals surface area contributed by atoms with E-state index < -0.39 is 51.8 Å². The quantitative estimate of drug-likeness (QED) is 0.0234. The summed E-state index contributed by atoms with van der Waals surface area (Å²) >= 11 is 0. The third kappa shape index (κ3) is 44.0. The van der Waals surface area contributed by atoms with Gasteiger partial charge < -0.3 is 24.6 Å². The van der Waals surface area contributed by atoms with Gasteiger partial charge in [-0.05, 0) is 51.4 Å². The summed E-state index contributed by atoms with van der Waals surface area (Å²) < 4.78 is 32.7. The number of esters is 2. The van der Waals surface area contributed by atoms with E-state index in [1.54, 1.807) is 0 Å². The van der Waals surface area contributed by atoms with Gasteiger partial charge in [0.15, 0.2) is 6.10 Å². The first-order valence-corrected chi connectivity index (χ1v) is 25.6. The first-order chi connectivity index (χ1) is 29.2. The SMILES string of the molecule is CCCCC/C=C\C/C=C\C/C=C\C/C=C\CCCC(=O)O[C@H](COC(=O)CCCCCCCCCCCCCCCCCCCCCC)COP(=O)(O)OC[C@@H](O)CO. The molecule has 1 unspecified atom stereocenters. The molecular formula is C49H89O10P. The number of unbranched alkanes of at least 4 members (excludes halogenated alkanes) is 23. The van der Waals surface area contributed by atoms with Gasteiger partial charge in [-0.25, -0.2) is 4.57 Å². The third-order valence-corrected chi connectivity index (χ3v) is 11.2. The molecule has 60 heavy (non-hydrogen) atoms. The zero-order chi connectivity index (χ0) is 44.0. The van der Waals surface area contributed by atoms with Crippen molar-refractivity contribution in [1.82, 2.24) is 0 Å². The molecule has 0 aromatic carbocycles. The summed E-state index contributed by atoms with van der Waals surface area (Å²) in [5.41, 5.74) is 0. The van der Waals surface area contributed by atoms with Crippen molar-refractivity contribution in [1.29, 1.82) is 0 Å². The molecule has 10 nitrogen and oxygen atoms in total. The molecule has 0 aliphatic heterocycles. The maximum atomic E-state index is 12.6. The number of hydrogen-bond donors (Lipinski definition) is 3. The standard InChI is InChI=1S/C49H89O10P/c1-3-5-7-9-11-13-15-17-19-21-22-23-25-26-28-30-32-34-36-38-40-48(52)56-44-47(45-58-60(54,55)57-43-46(51)42-50)59-49(53)41-39-37-35-33-31-29-27-24-20-18-16-14-12-10-8-6-4-2/h12,14,18,20,27,29,33,35,46-47,50-51H,3-11,13,15-17,19,21-26,28,30-32,34,36-45H2,1-2H3,(H,54,55)/b14-12-,20-18-,29-27-,35-33-/t46-,47+/m0/s1. The minimum absolute atomic E-state index is 0.109. The van der Waals surface area contributed by atoms with Gasteiger partial charge in [-0.1, -0.05) is 197 Å². The number of carbonyl (C=O) groups is 2. The fourth-order valence-electron chi connectivity index (χ4n) is 6.52. The van der Waals surface area contributed by atoms with Crippen molar-refractivity contribution in [2.45, 2.75) is 225 Å². The highest BCUT2D eigenvalue weighted by Gasteiger charge is 2.27. The second-order valence-corrected chi connectivity index (χ2v) is 17.6. The Morgan fingerprint density at radius 2 is 0.883 bits per heavy atom. The van der Waals surface area contributed by atoms with Crippen molar-refractivity contribution in [2.75, 3.05) is 26.4 Å². The normalized spacial score (nSPS) is 14.2. The van der Waals surface area contributed by atoms with Crippen molar-refractivity contribution in [2.24, 2.45) is 0 Å². The molecule has 0 rings (SSSR count). The number of allylic oxidation sites excluding steroid dienone is 8. The number of carbonyl (C=O) groups excluding carboxylic acids is 2. The molecule has 0 aliphatic carbocycles. The topological polar surface area (TPSA) is 149 Å². The molecule has 0 fully saturated rings. The summed E-state index contributed by atoms with van der Waals surface area (Å²) in [5.74, 6) is -0.984. The molecule has 0 radical (unpaired) electrons. The van der Waals surface area contributed by atoms with Crippen LogP contribution < -0.4 is 0 Å². The van der Waals surface area contributed by atoms with Gasteiger partial charge in [-0.3, -0.25) is 18.6 Å². The van der Waals surface area contributed by atoms with E-state index in [1.165, 1.54) is 122 Å². The molecule has 0 aliphatic rings. The summed E-state index contributed by atoms with van der Waals surface area (Å²) in [5, 5.41) is 18.4. The predicted molar refractivity (Wildman–Crippen MR) is 247 cm³/mol. The number of aliphatic hydroxyl groups is 2. The Kier molecular flexibility index (Phi) is 43.4. The zero-order valence-corrected chi connectivity index (χ0v) is 39.1. The molecule has 0 spiro atoms. The van der Waals surface area contributed by atoms with Crippen molar-refractivity contribution >= 4 is 19.8 Å². The average molecular weight is 869 g/mol. The lowest BCUT2D eigenvalue weighted by atomic mass is 10.0.